The molecule has 14 heavy (non-hydrogen) atoms. The first kappa shape index (κ1) is 11.7. The van der Waals surface area contributed by atoms with Crippen LogP contribution in [0.3, 0.4) is 0 Å². The zero-order valence-corrected chi connectivity index (χ0v) is 9.97. The Balaban J connectivity index is 2.26. The quantitative estimate of drug-likeness (QED) is 0.811. The van der Waals surface area contributed by atoms with Gasteiger partial charge in [0.1, 0.15) is 0 Å². The Morgan fingerprint density at radius 2 is 2.21 bits per heavy atom. The number of aliphatic hydroxyl groups is 1. The van der Waals surface area contributed by atoms with E-state index in [1.54, 1.807) is 11.3 Å². The molecule has 0 aromatic carbocycles. The standard InChI is InChI=1S/C11H19NOS/c1-11(2,13)6-7-12(3)9-10-5-4-8-14-10/h4-5,8,13H,6-7,9H2,1-3H3. The van der Waals surface area contributed by atoms with Crippen molar-refractivity contribution in [1.82, 2.24) is 4.90 Å². The van der Waals surface area contributed by atoms with E-state index in [1.807, 2.05) is 13.8 Å². The summed E-state index contributed by atoms with van der Waals surface area (Å²) in [6.07, 6.45) is 0.814. The third kappa shape index (κ3) is 4.74. The first-order valence-electron chi connectivity index (χ1n) is 4.91. The summed E-state index contributed by atoms with van der Waals surface area (Å²) < 4.78 is 0. The minimum Gasteiger partial charge on any atom is -0.390 e. The van der Waals surface area contributed by atoms with E-state index in [0.717, 1.165) is 19.5 Å². The highest BCUT2D eigenvalue weighted by molar-refractivity contribution is 7.09. The van der Waals surface area contributed by atoms with Crippen LogP contribution < -0.4 is 0 Å². The second-order valence-electron chi connectivity index (χ2n) is 4.38. The van der Waals surface area contributed by atoms with Crippen LogP contribution in [0.1, 0.15) is 25.1 Å². The van der Waals surface area contributed by atoms with Crippen molar-refractivity contribution in [3.8, 4) is 0 Å². The van der Waals surface area contributed by atoms with E-state index in [1.165, 1.54) is 4.88 Å². The predicted molar refractivity (Wildman–Crippen MR) is 61.6 cm³/mol. The second kappa shape index (κ2) is 4.91. The van der Waals surface area contributed by atoms with Crippen LogP contribution in [0.15, 0.2) is 17.5 Å². The zero-order chi connectivity index (χ0) is 10.6. The highest BCUT2D eigenvalue weighted by Crippen LogP contribution is 2.13. The summed E-state index contributed by atoms with van der Waals surface area (Å²) in [6.45, 7) is 5.62. The van der Waals surface area contributed by atoms with Crippen molar-refractivity contribution in [2.75, 3.05) is 13.6 Å². The number of hydrogen-bond donors (Lipinski definition) is 1. The van der Waals surface area contributed by atoms with E-state index in [4.69, 9.17) is 0 Å². The molecule has 0 spiro atoms. The summed E-state index contributed by atoms with van der Waals surface area (Å²) in [4.78, 5) is 3.62. The van der Waals surface area contributed by atoms with Gasteiger partial charge in [0.15, 0.2) is 0 Å². The lowest BCUT2D eigenvalue weighted by Crippen LogP contribution is -2.27. The van der Waals surface area contributed by atoms with Gasteiger partial charge < -0.3 is 10.0 Å². The van der Waals surface area contributed by atoms with E-state index in [0.29, 0.717) is 0 Å². The Labute approximate surface area is 90.2 Å². The molecule has 1 rings (SSSR count). The highest BCUT2D eigenvalue weighted by atomic mass is 32.1. The van der Waals surface area contributed by atoms with Crippen LogP contribution in [0.25, 0.3) is 0 Å². The van der Waals surface area contributed by atoms with Gasteiger partial charge in [0, 0.05) is 18.0 Å². The molecule has 0 aliphatic heterocycles. The molecule has 0 aliphatic carbocycles. The number of hydrogen-bond acceptors (Lipinski definition) is 3. The Kier molecular flexibility index (Phi) is 4.11. The Morgan fingerprint density at radius 1 is 1.50 bits per heavy atom. The molecule has 0 saturated carbocycles. The lowest BCUT2D eigenvalue weighted by atomic mass is 10.1. The lowest BCUT2D eigenvalue weighted by molar-refractivity contribution is 0.0600. The van der Waals surface area contributed by atoms with Crippen LogP contribution in [-0.4, -0.2) is 29.2 Å². The maximum absolute atomic E-state index is 9.57. The van der Waals surface area contributed by atoms with E-state index in [2.05, 4.69) is 29.5 Å². The summed E-state index contributed by atoms with van der Waals surface area (Å²) in [6, 6.07) is 4.22. The van der Waals surface area contributed by atoms with Crippen LogP contribution in [0, 0.1) is 0 Å². The first-order valence-corrected chi connectivity index (χ1v) is 5.79. The molecular formula is C11H19NOS. The van der Waals surface area contributed by atoms with Gasteiger partial charge in [0.25, 0.3) is 0 Å². The Bertz CT molecular complexity index is 251. The molecule has 0 unspecified atom stereocenters. The van der Waals surface area contributed by atoms with Gasteiger partial charge in [0.2, 0.25) is 0 Å². The molecule has 0 fully saturated rings. The normalized spacial score (nSPS) is 12.4. The van der Waals surface area contributed by atoms with Crippen molar-refractivity contribution in [3.63, 3.8) is 0 Å². The van der Waals surface area contributed by atoms with Crippen LogP contribution in [0.4, 0.5) is 0 Å². The molecular weight excluding hydrogens is 194 g/mol. The average molecular weight is 213 g/mol. The summed E-state index contributed by atoms with van der Waals surface area (Å²) >= 11 is 1.78. The van der Waals surface area contributed by atoms with Crippen LogP contribution in [0.5, 0.6) is 0 Å². The number of thiophene rings is 1. The van der Waals surface area contributed by atoms with E-state index < -0.39 is 5.60 Å². The molecule has 0 aliphatic rings. The van der Waals surface area contributed by atoms with Crippen LogP contribution in [-0.2, 0) is 6.54 Å². The maximum atomic E-state index is 9.57. The fraction of sp³-hybridized carbons (Fsp3) is 0.636. The summed E-state index contributed by atoms with van der Waals surface area (Å²) in [5.74, 6) is 0. The molecule has 80 valence electrons. The average Bonchev–Trinajstić information content (AvgIpc) is 2.52. The second-order valence-corrected chi connectivity index (χ2v) is 5.41. The Hall–Kier alpha value is -0.380. The topological polar surface area (TPSA) is 23.5 Å². The van der Waals surface area contributed by atoms with E-state index >= 15 is 0 Å². The molecule has 1 heterocycles. The van der Waals surface area contributed by atoms with Gasteiger partial charge in [-0.25, -0.2) is 0 Å². The maximum Gasteiger partial charge on any atom is 0.0603 e. The largest absolute Gasteiger partial charge is 0.390 e. The fourth-order valence-electron chi connectivity index (χ4n) is 1.21. The summed E-state index contributed by atoms with van der Waals surface area (Å²) in [5, 5.41) is 11.7. The molecule has 0 radical (unpaired) electrons. The monoisotopic (exact) mass is 213 g/mol. The van der Waals surface area contributed by atoms with Crippen molar-refractivity contribution in [2.45, 2.75) is 32.4 Å². The molecule has 1 N–H and O–H groups in total. The van der Waals surface area contributed by atoms with Crippen LogP contribution in [0.2, 0.25) is 0 Å². The van der Waals surface area contributed by atoms with Crippen molar-refractivity contribution >= 4 is 11.3 Å². The molecule has 0 atom stereocenters. The third-order valence-electron chi connectivity index (χ3n) is 2.11. The molecule has 0 amide bonds. The highest BCUT2D eigenvalue weighted by Gasteiger charge is 2.13. The van der Waals surface area contributed by atoms with Gasteiger partial charge in [-0.3, -0.25) is 0 Å². The number of rotatable bonds is 5. The van der Waals surface area contributed by atoms with Crippen molar-refractivity contribution < 1.29 is 5.11 Å². The summed E-state index contributed by atoms with van der Waals surface area (Å²) in [5.41, 5.74) is -0.552. The summed E-state index contributed by atoms with van der Waals surface area (Å²) in [7, 11) is 2.09. The molecule has 0 bridgehead atoms. The SMILES string of the molecule is CN(CCC(C)(C)O)Cc1cccs1. The van der Waals surface area contributed by atoms with E-state index in [-0.39, 0.29) is 0 Å². The minimum absolute atomic E-state index is 0.552. The van der Waals surface area contributed by atoms with Crippen molar-refractivity contribution in [1.29, 1.82) is 0 Å². The van der Waals surface area contributed by atoms with Crippen molar-refractivity contribution in [3.05, 3.63) is 22.4 Å². The van der Waals surface area contributed by atoms with Crippen LogP contribution >= 0.6 is 11.3 Å². The fourth-order valence-corrected chi connectivity index (χ4v) is 2.00. The lowest BCUT2D eigenvalue weighted by Gasteiger charge is -2.22. The molecule has 3 heteroatoms. The van der Waals surface area contributed by atoms with Gasteiger partial charge in [-0.2, -0.15) is 0 Å². The molecule has 1 aromatic rings. The first-order chi connectivity index (χ1) is 6.47. The Morgan fingerprint density at radius 3 is 2.71 bits per heavy atom. The van der Waals surface area contributed by atoms with Gasteiger partial charge >= 0.3 is 0 Å². The van der Waals surface area contributed by atoms with Crippen molar-refractivity contribution in [2.24, 2.45) is 0 Å². The van der Waals surface area contributed by atoms with E-state index in [9.17, 15) is 5.11 Å². The number of nitrogens with zero attached hydrogens (tertiary/aromatic N) is 1. The van der Waals surface area contributed by atoms with Gasteiger partial charge in [-0.15, -0.1) is 11.3 Å². The molecule has 2 nitrogen and oxygen atoms in total. The minimum atomic E-state index is -0.552. The zero-order valence-electron chi connectivity index (χ0n) is 9.16. The third-order valence-corrected chi connectivity index (χ3v) is 2.97. The predicted octanol–water partition coefficient (Wildman–Crippen LogP) is 2.34. The molecule has 0 saturated heterocycles. The molecule has 1 aromatic heterocycles. The smallest absolute Gasteiger partial charge is 0.0603 e. The van der Waals surface area contributed by atoms with Gasteiger partial charge in [-0.1, -0.05) is 6.07 Å². The van der Waals surface area contributed by atoms with Gasteiger partial charge in [0.05, 0.1) is 5.60 Å². The van der Waals surface area contributed by atoms with Gasteiger partial charge in [-0.05, 0) is 38.8 Å².